The predicted octanol–water partition coefficient (Wildman–Crippen LogP) is 3.41. The molecule has 2 aromatic carbocycles. The smallest absolute Gasteiger partial charge is 0.252 e. The number of carbonyl (C=O) groups is 1. The SMILES string of the molecule is Cn1cccc1/C=N\NC(=O)C1c2ccccc2Oc2ccccc21. The molecule has 3 aromatic rings. The molecule has 0 bridgehead atoms. The van der Waals surface area contributed by atoms with Gasteiger partial charge in [0.05, 0.1) is 17.8 Å². The second-order valence-electron chi connectivity index (χ2n) is 5.89. The van der Waals surface area contributed by atoms with Crippen LogP contribution in [0.2, 0.25) is 0 Å². The molecule has 0 aliphatic carbocycles. The highest BCUT2D eigenvalue weighted by molar-refractivity contribution is 5.90. The minimum atomic E-state index is -0.452. The Hall–Kier alpha value is -3.34. The lowest BCUT2D eigenvalue weighted by Gasteiger charge is -2.26. The minimum Gasteiger partial charge on any atom is -0.457 e. The maximum atomic E-state index is 12.8. The van der Waals surface area contributed by atoms with Crippen molar-refractivity contribution >= 4 is 12.1 Å². The molecule has 0 saturated carbocycles. The Morgan fingerprint density at radius 1 is 1.04 bits per heavy atom. The number of amides is 1. The number of carbonyl (C=O) groups excluding carboxylic acids is 1. The van der Waals surface area contributed by atoms with Crippen LogP contribution in [-0.2, 0) is 11.8 Å². The van der Waals surface area contributed by atoms with Crippen molar-refractivity contribution in [3.8, 4) is 11.5 Å². The van der Waals surface area contributed by atoms with E-state index in [0.29, 0.717) is 11.5 Å². The summed E-state index contributed by atoms with van der Waals surface area (Å²) in [5, 5.41) is 4.11. The Labute approximate surface area is 145 Å². The summed E-state index contributed by atoms with van der Waals surface area (Å²) in [4.78, 5) is 12.8. The molecule has 1 amide bonds. The van der Waals surface area contributed by atoms with Crippen LogP contribution >= 0.6 is 0 Å². The molecule has 1 aromatic heterocycles. The molecule has 0 atom stereocenters. The highest BCUT2D eigenvalue weighted by Crippen LogP contribution is 2.43. The number of para-hydroxylation sites is 2. The van der Waals surface area contributed by atoms with Crippen LogP contribution in [0.25, 0.3) is 0 Å². The second kappa shape index (κ2) is 6.28. The third-order valence-electron chi connectivity index (χ3n) is 4.30. The van der Waals surface area contributed by atoms with Gasteiger partial charge in [0.2, 0.25) is 0 Å². The highest BCUT2D eigenvalue weighted by atomic mass is 16.5. The number of nitrogens with one attached hydrogen (secondary N) is 1. The predicted molar refractivity (Wildman–Crippen MR) is 96.0 cm³/mol. The van der Waals surface area contributed by atoms with Crippen molar-refractivity contribution in [3.05, 3.63) is 83.7 Å². The summed E-state index contributed by atoms with van der Waals surface area (Å²) in [5.74, 6) is 0.765. The lowest BCUT2D eigenvalue weighted by atomic mass is 9.87. The number of hydrogen-bond acceptors (Lipinski definition) is 3. The lowest BCUT2D eigenvalue weighted by molar-refractivity contribution is -0.121. The summed E-state index contributed by atoms with van der Waals surface area (Å²) < 4.78 is 7.84. The van der Waals surface area contributed by atoms with Crippen LogP contribution in [0.5, 0.6) is 11.5 Å². The zero-order chi connectivity index (χ0) is 17.2. The maximum Gasteiger partial charge on any atom is 0.252 e. The number of hydrazone groups is 1. The van der Waals surface area contributed by atoms with E-state index in [1.54, 1.807) is 6.21 Å². The normalized spacial score (nSPS) is 13.2. The van der Waals surface area contributed by atoms with Crippen molar-refractivity contribution in [2.75, 3.05) is 0 Å². The van der Waals surface area contributed by atoms with E-state index in [0.717, 1.165) is 16.8 Å². The largest absolute Gasteiger partial charge is 0.457 e. The average molecular weight is 331 g/mol. The first-order valence-corrected chi connectivity index (χ1v) is 8.04. The molecular weight excluding hydrogens is 314 g/mol. The first-order chi connectivity index (χ1) is 12.2. The summed E-state index contributed by atoms with van der Waals surface area (Å²) in [5.41, 5.74) is 5.25. The first kappa shape index (κ1) is 15.2. The Bertz CT molecular complexity index is 913. The van der Waals surface area contributed by atoms with Gasteiger partial charge in [-0.25, -0.2) is 5.43 Å². The van der Waals surface area contributed by atoms with Crippen LogP contribution in [-0.4, -0.2) is 16.7 Å². The van der Waals surface area contributed by atoms with E-state index in [4.69, 9.17) is 4.74 Å². The summed E-state index contributed by atoms with van der Waals surface area (Å²) in [6.45, 7) is 0. The summed E-state index contributed by atoms with van der Waals surface area (Å²) >= 11 is 0. The van der Waals surface area contributed by atoms with Gasteiger partial charge in [-0.2, -0.15) is 5.10 Å². The van der Waals surface area contributed by atoms with Gasteiger partial charge in [0.25, 0.3) is 5.91 Å². The van der Waals surface area contributed by atoms with Crippen LogP contribution in [0.3, 0.4) is 0 Å². The van der Waals surface area contributed by atoms with Gasteiger partial charge >= 0.3 is 0 Å². The average Bonchev–Trinajstić information content (AvgIpc) is 3.04. The summed E-state index contributed by atoms with van der Waals surface area (Å²) in [6.07, 6.45) is 3.56. The van der Waals surface area contributed by atoms with E-state index < -0.39 is 5.92 Å². The molecule has 124 valence electrons. The monoisotopic (exact) mass is 331 g/mol. The topological polar surface area (TPSA) is 55.6 Å². The number of aryl methyl sites for hydroxylation is 1. The second-order valence-corrected chi connectivity index (χ2v) is 5.89. The van der Waals surface area contributed by atoms with Gasteiger partial charge in [0.15, 0.2) is 0 Å². The summed E-state index contributed by atoms with van der Waals surface area (Å²) in [7, 11) is 1.92. The zero-order valence-corrected chi connectivity index (χ0v) is 13.7. The number of aromatic nitrogens is 1. The number of rotatable bonds is 3. The van der Waals surface area contributed by atoms with Crippen molar-refractivity contribution < 1.29 is 9.53 Å². The zero-order valence-electron chi connectivity index (χ0n) is 13.7. The molecule has 0 spiro atoms. The fraction of sp³-hybridized carbons (Fsp3) is 0.100. The Balaban J connectivity index is 1.64. The van der Waals surface area contributed by atoms with Crippen molar-refractivity contribution in [3.63, 3.8) is 0 Å². The van der Waals surface area contributed by atoms with Crippen molar-refractivity contribution in [1.29, 1.82) is 0 Å². The Kier molecular flexibility index (Phi) is 3.82. The number of nitrogens with zero attached hydrogens (tertiary/aromatic N) is 2. The number of benzene rings is 2. The minimum absolute atomic E-state index is 0.186. The van der Waals surface area contributed by atoms with Crippen LogP contribution in [0, 0.1) is 0 Å². The van der Waals surface area contributed by atoms with Gasteiger partial charge in [-0.3, -0.25) is 4.79 Å². The third kappa shape index (κ3) is 2.80. The fourth-order valence-corrected chi connectivity index (χ4v) is 3.03. The van der Waals surface area contributed by atoms with E-state index in [1.807, 2.05) is 78.5 Å². The first-order valence-electron chi connectivity index (χ1n) is 8.04. The Morgan fingerprint density at radius 2 is 1.68 bits per heavy atom. The number of fused-ring (bicyclic) bond motifs is 2. The van der Waals surface area contributed by atoms with E-state index in [9.17, 15) is 4.79 Å². The van der Waals surface area contributed by atoms with Gasteiger partial charge in [-0.15, -0.1) is 0 Å². The van der Waals surface area contributed by atoms with Crippen molar-refractivity contribution in [2.45, 2.75) is 5.92 Å². The van der Waals surface area contributed by atoms with E-state index >= 15 is 0 Å². The summed E-state index contributed by atoms with van der Waals surface area (Å²) in [6, 6.07) is 19.0. The molecule has 5 nitrogen and oxygen atoms in total. The molecule has 0 unspecified atom stereocenters. The van der Waals surface area contributed by atoms with Crippen LogP contribution in [0.4, 0.5) is 0 Å². The van der Waals surface area contributed by atoms with Gasteiger partial charge < -0.3 is 9.30 Å². The van der Waals surface area contributed by atoms with Crippen molar-refractivity contribution in [1.82, 2.24) is 9.99 Å². The molecule has 2 heterocycles. The van der Waals surface area contributed by atoms with E-state index in [2.05, 4.69) is 10.5 Å². The molecule has 25 heavy (non-hydrogen) atoms. The lowest BCUT2D eigenvalue weighted by Crippen LogP contribution is -2.28. The molecule has 5 heteroatoms. The quantitative estimate of drug-likeness (QED) is 0.591. The van der Waals surface area contributed by atoms with Crippen molar-refractivity contribution in [2.24, 2.45) is 12.1 Å². The van der Waals surface area contributed by atoms with E-state index in [1.165, 1.54) is 0 Å². The Morgan fingerprint density at radius 3 is 2.28 bits per heavy atom. The molecule has 0 fully saturated rings. The molecule has 0 saturated heterocycles. The van der Waals surface area contributed by atoms with Gasteiger partial charge in [-0.05, 0) is 24.3 Å². The number of ether oxygens (including phenoxy) is 1. The van der Waals surface area contributed by atoms with Gasteiger partial charge in [-0.1, -0.05) is 36.4 Å². The van der Waals surface area contributed by atoms with Crippen LogP contribution < -0.4 is 10.2 Å². The molecule has 4 rings (SSSR count). The molecule has 1 aliphatic rings. The van der Waals surface area contributed by atoms with E-state index in [-0.39, 0.29) is 5.91 Å². The van der Waals surface area contributed by atoms with Crippen LogP contribution in [0.1, 0.15) is 22.7 Å². The molecule has 1 aliphatic heterocycles. The molecular formula is C20H17N3O2. The van der Waals surface area contributed by atoms with Crippen LogP contribution in [0.15, 0.2) is 72.0 Å². The highest BCUT2D eigenvalue weighted by Gasteiger charge is 2.32. The molecule has 0 radical (unpaired) electrons. The van der Waals surface area contributed by atoms with Gasteiger partial charge in [0, 0.05) is 24.4 Å². The standard InChI is InChI=1S/C20H17N3O2/c1-23-12-6-7-14(23)13-21-22-20(24)19-15-8-2-4-10-17(15)25-18-11-5-3-9-16(18)19/h2-13,19H,1H3,(H,22,24)/b21-13-. The maximum absolute atomic E-state index is 12.8. The fourth-order valence-electron chi connectivity index (χ4n) is 3.03. The number of hydrogen-bond donors (Lipinski definition) is 1. The van der Waals surface area contributed by atoms with Gasteiger partial charge in [0.1, 0.15) is 11.5 Å². The third-order valence-corrected chi connectivity index (χ3v) is 4.30. The molecule has 1 N–H and O–H groups in total.